The fourth-order valence-corrected chi connectivity index (χ4v) is 15.2. The van der Waals surface area contributed by atoms with Crippen molar-refractivity contribution < 1.29 is 21.6 Å². The van der Waals surface area contributed by atoms with E-state index in [-0.39, 0.29) is 23.6 Å². The Balaban J connectivity index is 0.841. The second kappa shape index (κ2) is 16.3. The number of anilines is 4. The summed E-state index contributed by atoms with van der Waals surface area (Å²) in [4.78, 5) is 13.7. The molecule has 0 amide bonds. The summed E-state index contributed by atoms with van der Waals surface area (Å²) in [5.74, 6) is 1.00. The number of nitrogens with zero attached hydrogens (tertiary/aromatic N) is 6. The van der Waals surface area contributed by atoms with Crippen LogP contribution in [0.2, 0.25) is 5.02 Å². The standard InChI is InChI=1S/C47H47ClN8O5S2/c1-28-10-14-40(49-23-28)45-36(48)13-16-43(52-45)51-38-9-5-7-31-25-56(21-19-34(31)38)42-27-63(59,60)47(42)46-41(26-62(46,57)58)55-20-18-33-30(24-55)6-4-8-37(33)50-32-12-11-29(2)35(22-32)39-15-17-44(61-3)54-53-39/h4-17,22-23,41-42,46-47,50H,18-21,24-27H2,1-3H3,(H,51,52). The van der Waals surface area contributed by atoms with E-state index in [0.717, 1.165) is 56.1 Å². The number of aromatic nitrogens is 4. The van der Waals surface area contributed by atoms with Gasteiger partial charge in [-0.2, -0.15) is 0 Å². The summed E-state index contributed by atoms with van der Waals surface area (Å²) < 4.78 is 60.0. The van der Waals surface area contributed by atoms with E-state index >= 15 is 0 Å². The molecule has 4 aliphatic rings. The van der Waals surface area contributed by atoms with Crippen LogP contribution in [0.1, 0.15) is 33.4 Å². The van der Waals surface area contributed by atoms with Crippen LogP contribution in [0.15, 0.2) is 97.2 Å². The third kappa shape index (κ3) is 7.84. The number of aryl methyl sites for hydroxylation is 2. The number of benzene rings is 3. The Morgan fingerprint density at radius 2 is 1.35 bits per heavy atom. The number of hydrogen-bond donors (Lipinski definition) is 2. The molecule has 4 aliphatic heterocycles. The first-order valence-electron chi connectivity index (χ1n) is 21.1. The number of rotatable bonds is 10. The smallest absolute Gasteiger partial charge is 0.233 e. The van der Waals surface area contributed by atoms with Gasteiger partial charge in [-0.1, -0.05) is 48.0 Å². The fourth-order valence-electron chi connectivity index (χ4n) is 9.80. The predicted octanol–water partition coefficient (Wildman–Crippen LogP) is 7.11. The number of nitrogens with one attached hydrogen (secondary N) is 2. The maximum Gasteiger partial charge on any atom is 0.233 e. The van der Waals surface area contributed by atoms with Crippen molar-refractivity contribution in [3.63, 3.8) is 0 Å². The third-order valence-electron chi connectivity index (χ3n) is 13.2. The summed E-state index contributed by atoms with van der Waals surface area (Å²) in [5, 5.41) is 14.2. The third-order valence-corrected chi connectivity index (χ3v) is 18.1. The van der Waals surface area contributed by atoms with Crippen LogP contribution in [-0.4, -0.2) is 101 Å². The predicted molar refractivity (Wildman–Crippen MR) is 246 cm³/mol. The van der Waals surface area contributed by atoms with Crippen LogP contribution in [0.25, 0.3) is 22.6 Å². The summed E-state index contributed by atoms with van der Waals surface area (Å²) >= 11 is 6.55. The zero-order chi connectivity index (χ0) is 43.6. The Labute approximate surface area is 372 Å². The monoisotopic (exact) mass is 902 g/mol. The minimum absolute atomic E-state index is 0.0393. The van der Waals surface area contributed by atoms with Crippen LogP contribution in [0.5, 0.6) is 5.88 Å². The summed E-state index contributed by atoms with van der Waals surface area (Å²) in [6.07, 6.45) is 3.15. The number of methoxy groups -OCH3 is 1. The van der Waals surface area contributed by atoms with E-state index in [2.05, 4.69) is 65.9 Å². The van der Waals surface area contributed by atoms with Gasteiger partial charge in [-0.3, -0.25) is 14.8 Å². The summed E-state index contributed by atoms with van der Waals surface area (Å²) in [5.41, 5.74) is 12.4. The van der Waals surface area contributed by atoms with Gasteiger partial charge in [-0.15, -0.1) is 10.2 Å². The molecule has 0 spiro atoms. The van der Waals surface area contributed by atoms with E-state index in [1.54, 1.807) is 19.4 Å². The lowest BCUT2D eigenvalue weighted by molar-refractivity contribution is 0.130. The van der Waals surface area contributed by atoms with Crippen LogP contribution in [0.3, 0.4) is 0 Å². The van der Waals surface area contributed by atoms with Gasteiger partial charge in [0.25, 0.3) is 0 Å². The molecule has 0 aliphatic carbocycles. The van der Waals surface area contributed by atoms with Crippen molar-refractivity contribution in [2.45, 2.75) is 62.4 Å². The summed E-state index contributed by atoms with van der Waals surface area (Å²) in [6, 6.07) is 28.8. The summed E-state index contributed by atoms with van der Waals surface area (Å²) in [7, 11) is -5.68. The van der Waals surface area contributed by atoms with Crippen LogP contribution in [-0.2, 0) is 45.6 Å². The van der Waals surface area contributed by atoms with Gasteiger partial charge in [-0.05, 0) is 109 Å². The lowest BCUT2D eigenvalue weighted by Gasteiger charge is -2.54. The van der Waals surface area contributed by atoms with Crippen LogP contribution in [0.4, 0.5) is 22.9 Å². The second-order valence-electron chi connectivity index (χ2n) is 17.0. The Kier molecular flexibility index (Phi) is 10.7. The molecule has 324 valence electrons. The van der Waals surface area contributed by atoms with E-state index in [0.29, 0.717) is 67.1 Å². The molecule has 3 aromatic carbocycles. The molecule has 0 bridgehead atoms. The first-order valence-corrected chi connectivity index (χ1v) is 24.9. The Bertz CT molecular complexity index is 2970. The lowest BCUT2D eigenvalue weighted by atomic mass is 9.93. The topological polar surface area (TPSA) is 160 Å². The van der Waals surface area contributed by atoms with Gasteiger partial charge in [0.2, 0.25) is 5.88 Å². The van der Waals surface area contributed by atoms with Gasteiger partial charge < -0.3 is 15.4 Å². The number of ether oxygens (including phenoxy) is 1. The molecular weight excluding hydrogens is 856 g/mol. The Hall–Kier alpha value is -5.45. The van der Waals surface area contributed by atoms with Crippen molar-refractivity contribution in [3.05, 3.63) is 136 Å². The number of pyridine rings is 2. The van der Waals surface area contributed by atoms with Gasteiger partial charge in [0, 0.05) is 73.2 Å². The second-order valence-corrected chi connectivity index (χ2v) is 21.9. The minimum Gasteiger partial charge on any atom is -0.480 e. The maximum absolute atomic E-state index is 13.7. The highest BCUT2D eigenvalue weighted by molar-refractivity contribution is 7.97. The molecule has 7 heterocycles. The molecule has 13 nitrogen and oxygen atoms in total. The average Bonchev–Trinajstić information content (AvgIpc) is 3.28. The van der Waals surface area contributed by atoms with Gasteiger partial charge in [0.05, 0.1) is 45.5 Å². The lowest BCUT2D eigenvalue weighted by Crippen LogP contribution is -2.75. The molecule has 16 heteroatoms. The first-order chi connectivity index (χ1) is 30.3. The van der Waals surface area contributed by atoms with E-state index < -0.39 is 30.2 Å². The average molecular weight is 904 g/mol. The van der Waals surface area contributed by atoms with E-state index in [9.17, 15) is 16.8 Å². The van der Waals surface area contributed by atoms with Crippen molar-refractivity contribution in [2.24, 2.45) is 0 Å². The molecule has 4 unspecified atom stereocenters. The van der Waals surface area contributed by atoms with Crippen LogP contribution >= 0.6 is 11.6 Å². The van der Waals surface area contributed by atoms with E-state index in [1.807, 2.05) is 68.4 Å². The molecule has 3 aromatic heterocycles. The molecule has 63 heavy (non-hydrogen) atoms. The van der Waals surface area contributed by atoms with Gasteiger partial charge in [0.1, 0.15) is 11.5 Å². The number of halogens is 1. The van der Waals surface area contributed by atoms with Crippen molar-refractivity contribution in [1.29, 1.82) is 0 Å². The Morgan fingerprint density at radius 1 is 0.714 bits per heavy atom. The van der Waals surface area contributed by atoms with E-state index in [4.69, 9.17) is 21.3 Å². The highest BCUT2D eigenvalue weighted by Gasteiger charge is 2.64. The largest absolute Gasteiger partial charge is 0.480 e. The van der Waals surface area contributed by atoms with E-state index in [1.165, 1.54) is 5.56 Å². The van der Waals surface area contributed by atoms with Crippen molar-refractivity contribution in [2.75, 3.05) is 42.3 Å². The van der Waals surface area contributed by atoms with Gasteiger partial charge in [-0.25, -0.2) is 21.8 Å². The number of sulfone groups is 2. The fraction of sp³-hybridized carbons (Fsp3) is 0.319. The normalized spacial score (nSPS) is 22.5. The molecule has 6 aromatic rings. The zero-order valence-electron chi connectivity index (χ0n) is 35.1. The molecule has 2 fully saturated rings. The zero-order valence-corrected chi connectivity index (χ0v) is 37.5. The Morgan fingerprint density at radius 3 is 1.92 bits per heavy atom. The van der Waals surface area contributed by atoms with Crippen LogP contribution in [0, 0.1) is 13.8 Å². The highest BCUT2D eigenvalue weighted by Crippen LogP contribution is 2.44. The van der Waals surface area contributed by atoms with Crippen LogP contribution < -0.4 is 15.4 Å². The molecule has 0 radical (unpaired) electrons. The van der Waals surface area contributed by atoms with Gasteiger partial charge >= 0.3 is 0 Å². The quantitative estimate of drug-likeness (QED) is 0.143. The van der Waals surface area contributed by atoms with Crippen molar-refractivity contribution >= 4 is 54.2 Å². The summed E-state index contributed by atoms with van der Waals surface area (Å²) in [6.45, 7) is 6.31. The van der Waals surface area contributed by atoms with Crippen molar-refractivity contribution in [3.8, 4) is 28.5 Å². The SMILES string of the molecule is COc1ccc(-c2cc(Nc3cccc4c3CCN(C3CS(=O)(=O)C3C3C(N5CCc6c(cccc6Nc6ccc(Cl)c(-c7ccc(C)cn7)n6)C5)CS3(=O)=O)C4)ccc2C)nn1. The molecular formula is C47H47ClN8O5S2. The van der Waals surface area contributed by atoms with Gasteiger partial charge in [0.15, 0.2) is 19.7 Å². The number of hydrogen-bond acceptors (Lipinski definition) is 13. The molecule has 2 N–H and O–H groups in total. The number of fused-ring (bicyclic) bond motifs is 2. The molecule has 2 saturated heterocycles. The van der Waals surface area contributed by atoms with Crippen molar-refractivity contribution in [1.82, 2.24) is 30.0 Å². The maximum atomic E-state index is 13.7. The minimum atomic E-state index is -3.62. The highest BCUT2D eigenvalue weighted by atomic mass is 35.5. The molecule has 4 atom stereocenters. The molecule has 0 saturated carbocycles. The first kappa shape index (κ1) is 41.6. The molecule has 10 rings (SSSR count).